The SMILES string of the molecule is CCCC1(C(F)(F)F)COC1. The van der Waals surface area contributed by atoms with Gasteiger partial charge in [0.05, 0.1) is 13.2 Å². The van der Waals surface area contributed by atoms with E-state index >= 15 is 0 Å². The van der Waals surface area contributed by atoms with E-state index in [1.54, 1.807) is 6.92 Å². The molecule has 0 bridgehead atoms. The van der Waals surface area contributed by atoms with Crippen LogP contribution in [0.5, 0.6) is 0 Å². The molecule has 11 heavy (non-hydrogen) atoms. The van der Waals surface area contributed by atoms with Gasteiger partial charge in [-0.1, -0.05) is 13.3 Å². The normalized spacial score (nSPS) is 22.9. The summed E-state index contributed by atoms with van der Waals surface area (Å²) >= 11 is 0. The molecule has 1 rings (SSSR count). The molecule has 1 aliphatic heterocycles. The van der Waals surface area contributed by atoms with Crippen molar-refractivity contribution < 1.29 is 17.9 Å². The lowest BCUT2D eigenvalue weighted by atomic mass is 9.81. The van der Waals surface area contributed by atoms with Gasteiger partial charge in [-0.25, -0.2) is 0 Å². The third kappa shape index (κ3) is 1.36. The Hall–Kier alpha value is -0.250. The van der Waals surface area contributed by atoms with Gasteiger partial charge < -0.3 is 4.74 Å². The Morgan fingerprint density at radius 3 is 2.00 bits per heavy atom. The highest BCUT2D eigenvalue weighted by atomic mass is 19.4. The van der Waals surface area contributed by atoms with Gasteiger partial charge in [-0.15, -0.1) is 0 Å². The van der Waals surface area contributed by atoms with Crippen LogP contribution in [0, 0.1) is 5.41 Å². The first-order chi connectivity index (χ1) is 5.02. The van der Waals surface area contributed by atoms with E-state index in [-0.39, 0.29) is 19.6 Å². The topological polar surface area (TPSA) is 9.23 Å². The molecule has 0 aromatic heterocycles. The maximum absolute atomic E-state index is 12.3. The van der Waals surface area contributed by atoms with Crippen molar-refractivity contribution in [2.24, 2.45) is 5.41 Å². The highest BCUT2D eigenvalue weighted by Gasteiger charge is 2.58. The van der Waals surface area contributed by atoms with E-state index in [4.69, 9.17) is 0 Å². The standard InChI is InChI=1S/C7H11F3O/c1-2-3-6(4-11-5-6)7(8,9)10/h2-5H2,1H3. The molecule has 1 nitrogen and oxygen atoms in total. The van der Waals surface area contributed by atoms with Gasteiger partial charge in [0.2, 0.25) is 0 Å². The lowest BCUT2D eigenvalue weighted by molar-refractivity contribution is -0.305. The average Bonchev–Trinajstić information content (AvgIpc) is 1.75. The van der Waals surface area contributed by atoms with Gasteiger partial charge in [0.1, 0.15) is 5.41 Å². The van der Waals surface area contributed by atoms with E-state index < -0.39 is 11.6 Å². The number of rotatable bonds is 2. The maximum Gasteiger partial charge on any atom is 0.398 e. The first kappa shape index (κ1) is 8.84. The highest BCUT2D eigenvalue weighted by molar-refractivity contribution is 4.91. The van der Waals surface area contributed by atoms with Crippen LogP contribution in [-0.2, 0) is 4.74 Å². The van der Waals surface area contributed by atoms with Gasteiger partial charge in [-0.3, -0.25) is 0 Å². The van der Waals surface area contributed by atoms with Crippen LogP contribution in [0.1, 0.15) is 19.8 Å². The molecule has 66 valence electrons. The van der Waals surface area contributed by atoms with Crippen molar-refractivity contribution in [1.29, 1.82) is 0 Å². The Morgan fingerprint density at radius 1 is 1.36 bits per heavy atom. The zero-order valence-corrected chi connectivity index (χ0v) is 6.37. The quantitative estimate of drug-likeness (QED) is 0.615. The minimum absolute atomic E-state index is 0.148. The van der Waals surface area contributed by atoms with Crippen LogP contribution in [-0.4, -0.2) is 19.4 Å². The lowest BCUT2D eigenvalue weighted by Crippen LogP contribution is -2.53. The second kappa shape index (κ2) is 2.66. The van der Waals surface area contributed by atoms with E-state index in [1.807, 2.05) is 0 Å². The van der Waals surface area contributed by atoms with Crippen molar-refractivity contribution in [3.8, 4) is 0 Å². The summed E-state index contributed by atoms with van der Waals surface area (Å²) in [5.41, 5.74) is -1.51. The molecule has 0 unspecified atom stereocenters. The average molecular weight is 168 g/mol. The van der Waals surface area contributed by atoms with E-state index in [1.165, 1.54) is 0 Å². The first-order valence-corrected chi connectivity index (χ1v) is 3.66. The molecule has 0 aromatic carbocycles. The predicted molar refractivity (Wildman–Crippen MR) is 34.2 cm³/mol. The molecular weight excluding hydrogens is 157 g/mol. The lowest BCUT2D eigenvalue weighted by Gasteiger charge is -2.42. The molecule has 0 saturated carbocycles. The molecule has 0 radical (unpaired) electrons. The van der Waals surface area contributed by atoms with Crippen molar-refractivity contribution in [2.75, 3.05) is 13.2 Å². The molecule has 0 aromatic rings. The molecule has 0 N–H and O–H groups in total. The molecule has 1 heterocycles. The zero-order chi connectivity index (χ0) is 8.54. The van der Waals surface area contributed by atoms with Crippen molar-refractivity contribution in [2.45, 2.75) is 25.9 Å². The number of hydrogen-bond donors (Lipinski definition) is 0. The molecule has 0 aliphatic carbocycles. The van der Waals surface area contributed by atoms with Crippen molar-refractivity contribution in [1.82, 2.24) is 0 Å². The van der Waals surface area contributed by atoms with Crippen LogP contribution in [0.25, 0.3) is 0 Å². The fourth-order valence-electron chi connectivity index (χ4n) is 1.28. The molecule has 4 heteroatoms. The fraction of sp³-hybridized carbons (Fsp3) is 1.00. The van der Waals surface area contributed by atoms with Gasteiger partial charge >= 0.3 is 6.18 Å². The van der Waals surface area contributed by atoms with Crippen LogP contribution in [0.2, 0.25) is 0 Å². The Labute approximate surface area is 63.5 Å². The number of alkyl halides is 3. The van der Waals surface area contributed by atoms with Crippen LogP contribution < -0.4 is 0 Å². The van der Waals surface area contributed by atoms with Gasteiger partial charge in [-0.2, -0.15) is 13.2 Å². The van der Waals surface area contributed by atoms with Gasteiger partial charge in [-0.05, 0) is 6.42 Å². The summed E-state index contributed by atoms with van der Waals surface area (Å²) in [5, 5.41) is 0. The fourth-order valence-corrected chi connectivity index (χ4v) is 1.28. The summed E-state index contributed by atoms with van der Waals surface area (Å²) in [6, 6.07) is 0. The zero-order valence-electron chi connectivity index (χ0n) is 6.37. The smallest absolute Gasteiger partial charge is 0.379 e. The van der Waals surface area contributed by atoms with Crippen LogP contribution in [0.3, 0.4) is 0 Å². The second-order valence-electron chi connectivity index (χ2n) is 3.02. The molecule has 0 spiro atoms. The third-order valence-electron chi connectivity index (χ3n) is 2.09. The summed E-state index contributed by atoms with van der Waals surface area (Å²) in [5.74, 6) is 0. The molecule has 1 aliphatic rings. The Kier molecular flexibility index (Phi) is 2.14. The molecule has 0 atom stereocenters. The van der Waals surface area contributed by atoms with Crippen molar-refractivity contribution in [3.05, 3.63) is 0 Å². The van der Waals surface area contributed by atoms with Crippen molar-refractivity contribution >= 4 is 0 Å². The summed E-state index contributed by atoms with van der Waals surface area (Å²) < 4.78 is 41.4. The third-order valence-corrected chi connectivity index (χ3v) is 2.09. The van der Waals surface area contributed by atoms with Crippen LogP contribution in [0.15, 0.2) is 0 Å². The molecule has 1 saturated heterocycles. The maximum atomic E-state index is 12.3. The number of ether oxygens (including phenoxy) is 1. The molecular formula is C7H11F3O. The Balaban J connectivity index is 2.60. The van der Waals surface area contributed by atoms with E-state index in [9.17, 15) is 13.2 Å². The highest BCUT2D eigenvalue weighted by Crippen LogP contribution is 2.47. The largest absolute Gasteiger partial charge is 0.398 e. The second-order valence-corrected chi connectivity index (χ2v) is 3.02. The van der Waals surface area contributed by atoms with Gasteiger partial charge in [0, 0.05) is 0 Å². The minimum Gasteiger partial charge on any atom is -0.379 e. The summed E-state index contributed by atoms with van der Waals surface area (Å²) in [6.45, 7) is 1.46. The first-order valence-electron chi connectivity index (χ1n) is 3.66. The van der Waals surface area contributed by atoms with E-state index in [2.05, 4.69) is 4.74 Å². The number of halogens is 3. The Morgan fingerprint density at radius 2 is 1.91 bits per heavy atom. The van der Waals surface area contributed by atoms with Crippen LogP contribution in [0.4, 0.5) is 13.2 Å². The monoisotopic (exact) mass is 168 g/mol. The van der Waals surface area contributed by atoms with Gasteiger partial charge in [0.25, 0.3) is 0 Å². The summed E-state index contributed by atoms with van der Waals surface area (Å²) in [7, 11) is 0. The van der Waals surface area contributed by atoms with E-state index in [0.717, 1.165) is 0 Å². The van der Waals surface area contributed by atoms with E-state index in [0.29, 0.717) is 6.42 Å². The Bertz CT molecular complexity index is 137. The predicted octanol–water partition coefficient (Wildman–Crippen LogP) is 2.37. The molecule has 1 fully saturated rings. The van der Waals surface area contributed by atoms with Gasteiger partial charge in [0.15, 0.2) is 0 Å². The molecule has 0 amide bonds. The van der Waals surface area contributed by atoms with Crippen molar-refractivity contribution in [3.63, 3.8) is 0 Å². The summed E-state index contributed by atoms with van der Waals surface area (Å²) in [6.07, 6.45) is -3.33. The number of hydrogen-bond acceptors (Lipinski definition) is 1. The summed E-state index contributed by atoms with van der Waals surface area (Å²) in [4.78, 5) is 0. The van der Waals surface area contributed by atoms with Crippen LogP contribution >= 0.6 is 0 Å². The minimum atomic E-state index is -4.08.